The van der Waals surface area contributed by atoms with E-state index in [0.29, 0.717) is 18.8 Å². The predicted molar refractivity (Wildman–Crippen MR) is 117 cm³/mol. The van der Waals surface area contributed by atoms with Gasteiger partial charge in [0.2, 0.25) is 0 Å². The highest BCUT2D eigenvalue weighted by Gasteiger charge is 2.43. The molecule has 4 nitrogen and oxygen atoms in total. The molecule has 4 rings (SSSR count). The Labute approximate surface area is 175 Å². The summed E-state index contributed by atoms with van der Waals surface area (Å²) in [6.45, 7) is 0.452. The van der Waals surface area contributed by atoms with Crippen LogP contribution >= 0.6 is 11.8 Å². The molecule has 1 heterocycles. The lowest BCUT2D eigenvalue weighted by atomic mass is 9.97. The van der Waals surface area contributed by atoms with E-state index in [0.717, 1.165) is 16.8 Å². The Morgan fingerprint density at radius 2 is 1.55 bits per heavy atom. The maximum absolute atomic E-state index is 12.2. The van der Waals surface area contributed by atoms with Gasteiger partial charge in [0.1, 0.15) is 0 Å². The average molecular weight is 406 g/mol. The number of carbonyl (C=O) groups is 1. The van der Waals surface area contributed by atoms with Crippen LogP contribution in [-0.4, -0.2) is 23.7 Å². The Morgan fingerprint density at radius 1 is 0.931 bits per heavy atom. The highest BCUT2D eigenvalue weighted by atomic mass is 32.2. The van der Waals surface area contributed by atoms with Gasteiger partial charge in [-0.2, -0.15) is 0 Å². The van der Waals surface area contributed by atoms with E-state index in [4.69, 9.17) is 9.47 Å². The Kier molecular flexibility index (Phi) is 6.30. The van der Waals surface area contributed by atoms with E-state index in [1.165, 1.54) is 11.8 Å². The van der Waals surface area contributed by atoms with Crippen LogP contribution in [0.25, 0.3) is 0 Å². The molecule has 1 fully saturated rings. The zero-order chi connectivity index (χ0) is 19.9. The number of para-hydroxylation sites is 1. The van der Waals surface area contributed by atoms with Crippen molar-refractivity contribution in [1.82, 2.24) is 0 Å². The van der Waals surface area contributed by atoms with Crippen LogP contribution in [0.5, 0.6) is 0 Å². The number of anilines is 1. The molecule has 3 aromatic carbocycles. The fourth-order valence-electron chi connectivity index (χ4n) is 3.39. The molecule has 0 unspecified atom stereocenters. The molecule has 1 amide bonds. The minimum Gasteiger partial charge on any atom is -0.343 e. The zero-order valence-electron chi connectivity index (χ0n) is 16.0. The summed E-state index contributed by atoms with van der Waals surface area (Å²) in [6.07, 6.45) is 0.459. The molecule has 1 saturated heterocycles. The van der Waals surface area contributed by atoms with Gasteiger partial charge in [-0.15, -0.1) is 0 Å². The summed E-state index contributed by atoms with van der Waals surface area (Å²) in [5.41, 5.74) is 2.92. The van der Waals surface area contributed by atoms with Crippen molar-refractivity contribution in [3.05, 3.63) is 102 Å². The third-order valence-corrected chi connectivity index (χ3v) is 5.68. The third-order valence-electron chi connectivity index (χ3n) is 4.77. The Morgan fingerprint density at radius 3 is 2.24 bits per heavy atom. The molecule has 0 spiro atoms. The van der Waals surface area contributed by atoms with E-state index in [1.54, 1.807) is 0 Å². The monoisotopic (exact) mass is 405 g/mol. The molecule has 0 saturated carbocycles. The molecule has 29 heavy (non-hydrogen) atoms. The number of rotatable bonds is 6. The van der Waals surface area contributed by atoms with E-state index >= 15 is 0 Å². The summed E-state index contributed by atoms with van der Waals surface area (Å²) < 4.78 is 12.6. The van der Waals surface area contributed by atoms with Gasteiger partial charge in [0, 0.05) is 23.4 Å². The van der Waals surface area contributed by atoms with Crippen LogP contribution in [0.3, 0.4) is 0 Å². The van der Waals surface area contributed by atoms with E-state index in [1.807, 2.05) is 78.9 Å². The van der Waals surface area contributed by atoms with Gasteiger partial charge in [0.05, 0.1) is 12.7 Å². The van der Waals surface area contributed by atoms with Crippen LogP contribution in [0, 0.1) is 0 Å². The maximum Gasteiger partial charge on any atom is 0.283 e. The van der Waals surface area contributed by atoms with Crippen molar-refractivity contribution in [2.24, 2.45) is 0 Å². The van der Waals surface area contributed by atoms with E-state index in [-0.39, 0.29) is 11.3 Å². The number of hydrogen-bond donors (Lipinski definition) is 1. The summed E-state index contributed by atoms with van der Waals surface area (Å²) >= 11 is 1.22. The van der Waals surface area contributed by atoms with Gasteiger partial charge in [-0.1, -0.05) is 90.6 Å². The van der Waals surface area contributed by atoms with Gasteiger partial charge >= 0.3 is 0 Å². The van der Waals surface area contributed by atoms with Crippen molar-refractivity contribution in [2.45, 2.75) is 18.3 Å². The number of nitrogens with one attached hydrogen (secondary N) is 1. The number of thioether (sulfide) groups is 1. The van der Waals surface area contributed by atoms with Gasteiger partial charge in [-0.05, 0) is 17.7 Å². The van der Waals surface area contributed by atoms with Crippen molar-refractivity contribution in [2.75, 3.05) is 17.7 Å². The van der Waals surface area contributed by atoms with Crippen molar-refractivity contribution >= 4 is 22.7 Å². The van der Waals surface area contributed by atoms with Crippen molar-refractivity contribution in [1.29, 1.82) is 0 Å². The first kappa shape index (κ1) is 19.7. The highest BCUT2D eigenvalue weighted by molar-refractivity contribution is 8.13. The molecule has 3 aromatic rings. The van der Waals surface area contributed by atoms with Crippen LogP contribution in [0.2, 0.25) is 0 Å². The topological polar surface area (TPSA) is 47.6 Å². The summed E-state index contributed by atoms with van der Waals surface area (Å²) in [5, 5.41) is 2.79. The maximum atomic E-state index is 12.2. The third kappa shape index (κ3) is 5.07. The first-order valence-corrected chi connectivity index (χ1v) is 10.6. The van der Waals surface area contributed by atoms with Crippen LogP contribution < -0.4 is 5.32 Å². The van der Waals surface area contributed by atoms with Crippen LogP contribution in [0.15, 0.2) is 91.0 Å². The fraction of sp³-hybridized carbons (Fsp3) is 0.208. The first-order valence-electron chi connectivity index (χ1n) is 9.64. The standard InChI is InChI=1S/C24H23NO3S/c26-23(25-21-14-8-3-9-15-21)29-18-22-17-27-24(28-22,20-12-6-2-7-13-20)16-19-10-4-1-5-11-19/h1-15,22H,16-18H2,(H,25,26)/t22-,24-/m1/s1. The smallest absolute Gasteiger partial charge is 0.283 e. The van der Waals surface area contributed by atoms with Crippen molar-refractivity contribution < 1.29 is 14.3 Å². The molecule has 148 valence electrons. The quantitative estimate of drug-likeness (QED) is 0.591. The van der Waals surface area contributed by atoms with Crippen LogP contribution in [-0.2, 0) is 21.7 Å². The van der Waals surface area contributed by atoms with Gasteiger partial charge in [-0.25, -0.2) is 0 Å². The first-order chi connectivity index (χ1) is 14.2. The van der Waals surface area contributed by atoms with Gasteiger partial charge in [0.15, 0.2) is 5.79 Å². The molecular weight excluding hydrogens is 382 g/mol. The van der Waals surface area contributed by atoms with Gasteiger partial charge in [0.25, 0.3) is 5.24 Å². The lowest BCUT2D eigenvalue weighted by Crippen LogP contribution is -2.31. The summed E-state index contributed by atoms with van der Waals surface area (Å²) in [5.74, 6) is -0.300. The van der Waals surface area contributed by atoms with Crippen LogP contribution in [0.4, 0.5) is 10.5 Å². The van der Waals surface area contributed by atoms with E-state index in [9.17, 15) is 4.79 Å². The molecule has 5 heteroatoms. The predicted octanol–water partition coefficient (Wildman–Crippen LogP) is 5.46. The zero-order valence-corrected chi connectivity index (χ0v) is 16.8. The second kappa shape index (κ2) is 9.27. The van der Waals surface area contributed by atoms with Crippen molar-refractivity contribution in [3.8, 4) is 0 Å². The van der Waals surface area contributed by atoms with Gasteiger partial charge in [-0.3, -0.25) is 4.79 Å². The second-order valence-corrected chi connectivity index (χ2v) is 7.91. The largest absolute Gasteiger partial charge is 0.343 e. The molecule has 0 aliphatic carbocycles. The molecule has 0 aromatic heterocycles. The summed E-state index contributed by atoms with van der Waals surface area (Å²) in [4.78, 5) is 12.2. The number of hydrogen-bond acceptors (Lipinski definition) is 4. The molecule has 0 radical (unpaired) electrons. The molecule has 2 atom stereocenters. The summed E-state index contributed by atoms with van der Waals surface area (Å²) in [6, 6.07) is 29.7. The Bertz CT molecular complexity index is 921. The Hall–Kier alpha value is -2.60. The normalized spacial score (nSPS) is 21.0. The molecular formula is C24H23NO3S. The lowest BCUT2D eigenvalue weighted by Gasteiger charge is -2.29. The minimum atomic E-state index is -0.830. The van der Waals surface area contributed by atoms with E-state index < -0.39 is 5.79 Å². The molecule has 1 aliphatic rings. The van der Waals surface area contributed by atoms with Crippen molar-refractivity contribution in [3.63, 3.8) is 0 Å². The Balaban J connectivity index is 1.41. The number of amides is 1. The van der Waals surface area contributed by atoms with Gasteiger partial charge < -0.3 is 14.8 Å². The minimum absolute atomic E-state index is 0.0972. The number of benzene rings is 3. The molecule has 1 aliphatic heterocycles. The molecule has 0 bridgehead atoms. The number of carbonyl (C=O) groups excluding carboxylic acids is 1. The summed E-state index contributed by atoms with van der Waals surface area (Å²) in [7, 11) is 0. The average Bonchev–Trinajstić information content (AvgIpc) is 3.18. The molecule has 1 N–H and O–H groups in total. The fourth-order valence-corrected chi connectivity index (χ4v) is 4.09. The van der Waals surface area contributed by atoms with Crippen LogP contribution in [0.1, 0.15) is 11.1 Å². The number of ether oxygens (including phenoxy) is 2. The lowest BCUT2D eigenvalue weighted by molar-refractivity contribution is -0.173. The second-order valence-electron chi connectivity index (χ2n) is 6.92. The SMILES string of the molecule is O=C(Nc1ccccc1)SC[C@H]1CO[C@@](Cc2ccccc2)(c2ccccc2)O1. The highest BCUT2D eigenvalue weighted by Crippen LogP contribution is 2.38. The van der Waals surface area contributed by atoms with E-state index in [2.05, 4.69) is 17.4 Å².